The van der Waals surface area contributed by atoms with Crippen LogP contribution >= 0.6 is 23.1 Å². The van der Waals surface area contributed by atoms with E-state index in [2.05, 4.69) is 24.9 Å². The number of thioether (sulfide) groups is 1. The van der Waals surface area contributed by atoms with E-state index in [1.807, 2.05) is 12.1 Å². The van der Waals surface area contributed by atoms with Gasteiger partial charge in [-0.05, 0) is 25.0 Å². The fourth-order valence-electron chi connectivity index (χ4n) is 1.85. The van der Waals surface area contributed by atoms with Crippen LogP contribution in [0.15, 0.2) is 23.1 Å². The second-order valence-electron chi connectivity index (χ2n) is 5.27. The SMILES string of the molecule is Cc1nc(-c2ccc(SCC(C)C)c(C#N)c2)sc1C(=O)O. The summed E-state index contributed by atoms with van der Waals surface area (Å²) in [6.45, 7) is 5.96. The molecule has 0 saturated heterocycles. The predicted octanol–water partition coefficient (Wildman–Crippen LogP) is 4.44. The molecular weight excluding hydrogens is 316 g/mol. The Balaban J connectivity index is 2.35. The number of rotatable bonds is 5. The molecule has 0 unspecified atom stereocenters. The first kappa shape index (κ1) is 16.5. The lowest BCUT2D eigenvalue weighted by molar-refractivity contribution is 0.0701. The Bertz CT molecular complexity index is 745. The van der Waals surface area contributed by atoms with E-state index >= 15 is 0 Å². The Kier molecular flexibility index (Phi) is 5.22. The van der Waals surface area contributed by atoms with Crippen LogP contribution in [0.1, 0.15) is 34.8 Å². The zero-order chi connectivity index (χ0) is 16.3. The summed E-state index contributed by atoms with van der Waals surface area (Å²) < 4.78 is 0. The van der Waals surface area contributed by atoms with E-state index in [0.29, 0.717) is 22.2 Å². The summed E-state index contributed by atoms with van der Waals surface area (Å²) in [5.41, 5.74) is 1.89. The van der Waals surface area contributed by atoms with Gasteiger partial charge in [0.05, 0.1) is 11.3 Å². The minimum Gasteiger partial charge on any atom is -0.477 e. The third-order valence-corrected chi connectivity index (χ3v) is 5.60. The lowest BCUT2D eigenvalue weighted by Crippen LogP contribution is -1.94. The van der Waals surface area contributed by atoms with E-state index in [9.17, 15) is 10.1 Å². The van der Waals surface area contributed by atoms with E-state index in [-0.39, 0.29) is 4.88 Å². The molecule has 2 aromatic rings. The quantitative estimate of drug-likeness (QED) is 0.820. The number of benzene rings is 1. The second kappa shape index (κ2) is 6.95. The third kappa shape index (κ3) is 3.67. The Hall–Kier alpha value is -1.84. The highest BCUT2D eigenvalue weighted by Crippen LogP contribution is 2.32. The van der Waals surface area contributed by atoms with Crippen molar-refractivity contribution in [1.29, 1.82) is 5.26 Å². The molecule has 0 aliphatic carbocycles. The van der Waals surface area contributed by atoms with Gasteiger partial charge >= 0.3 is 5.97 Å². The molecule has 4 nitrogen and oxygen atoms in total. The van der Waals surface area contributed by atoms with Gasteiger partial charge in [0, 0.05) is 16.2 Å². The smallest absolute Gasteiger partial charge is 0.347 e. The molecule has 1 aromatic carbocycles. The van der Waals surface area contributed by atoms with Gasteiger partial charge in [0.1, 0.15) is 16.0 Å². The first-order chi connectivity index (χ1) is 10.4. The fraction of sp³-hybridized carbons (Fsp3) is 0.312. The first-order valence-electron chi connectivity index (χ1n) is 6.80. The average molecular weight is 332 g/mol. The third-order valence-electron chi connectivity index (χ3n) is 2.91. The lowest BCUT2D eigenvalue weighted by Gasteiger charge is -2.07. The van der Waals surface area contributed by atoms with Crippen LogP contribution in [0.25, 0.3) is 10.6 Å². The van der Waals surface area contributed by atoms with E-state index in [1.54, 1.807) is 24.8 Å². The summed E-state index contributed by atoms with van der Waals surface area (Å²) in [6, 6.07) is 7.81. The number of thiazole rings is 1. The number of aromatic carboxylic acids is 1. The zero-order valence-corrected chi connectivity index (χ0v) is 14.2. The van der Waals surface area contributed by atoms with Crippen LogP contribution in [0.2, 0.25) is 0 Å². The molecule has 0 bridgehead atoms. The number of carboxylic acid groups (broad SMARTS) is 1. The molecule has 0 amide bonds. The van der Waals surface area contributed by atoms with Crippen molar-refractivity contribution in [1.82, 2.24) is 4.98 Å². The second-order valence-corrected chi connectivity index (χ2v) is 7.33. The highest BCUT2D eigenvalue weighted by molar-refractivity contribution is 7.99. The summed E-state index contributed by atoms with van der Waals surface area (Å²) in [7, 11) is 0. The monoisotopic (exact) mass is 332 g/mol. The molecule has 0 fully saturated rings. The Labute approximate surface area is 137 Å². The molecule has 0 spiro atoms. The number of carbonyl (C=O) groups is 1. The van der Waals surface area contributed by atoms with Gasteiger partial charge in [-0.3, -0.25) is 0 Å². The molecular formula is C16H16N2O2S2. The van der Waals surface area contributed by atoms with Crippen molar-refractivity contribution >= 4 is 29.1 Å². The largest absolute Gasteiger partial charge is 0.477 e. The van der Waals surface area contributed by atoms with Crippen LogP contribution in [-0.4, -0.2) is 21.8 Å². The lowest BCUT2D eigenvalue weighted by atomic mass is 10.1. The van der Waals surface area contributed by atoms with E-state index in [4.69, 9.17) is 5.11 Å². The first-order valence-corrected chi connectivity index (χ1v) is 8.60. The molecule has 1 heterocycles. The minimum atomic E-state index is -0.967. The Morgan fingerprint density at radius 1 is 1.50 bits per heavy atom. The van der Waals surface area contributed by atoms with Gasteiger partial charge in [0.2, 0.25) is 0 Å². The standard InChI is InChI=1S/C16H16N2O2S2/c1-9(2)8-21-13-5-4-11(6-12(13)7-17)15-18-10(3)14(22-15)16(19)20/h4-6,9H,8H2,1-3H3,(H,19,20). The summed E-state index contributed by atoms with van der Waals surface area (Å²) in [5.74, 6) is 0.537. The van der Waals surface area contributed by atoms with Crippen LogP contribution in [0, 0.1) is 24.2 Å². The van der Waals surface area contributed by atoms with Gasteiger partial charge < -0.3 is 5.11 Å². The van der Waals surface area contributed by atoms with Crippen LogP contribution in [0.4, 0.5) is 0 Å². The maximum Gasteiger partial charge on any atom is 0.347 e. The molecule has 22 heavy (non-hydrogen) atoms. The minimum absolute atomic E-state index is 0.242. The van der Waals surface area contributed by atoms with Crippen molar-refractivity contribution in [3.63, 3.8) is 0 Å². The predicted molar refractivity (Wildman–Crippen MR) is 89.5 cm³/mol. The average Bonchev–Trinajstić information content (AvgIpc) is 2.87. The maximum absolute atomic E-state index is 11.1. The van der Waals surface area contributed by atoms with Crippen LogP contribution in [-0.2, 0) is 0 Å². The Morgan fingerprint density at radius 3 is 2.77 bits per heavy atom. The van der Waals surface area contributed by atoms with Crippen LogP contribution < -0.4 is 0 Å². The molecule has 6 heteroatoms. The van der Waals surface area contributed by atoms with E-state index in [1.165, 1.54) is 0 Å². The van der Waals surface area contributed by atoms with Crippen LogP contribution in [0.3, 0.4) is 0 Å². The molecule has 0 aliphatic rings. The highest BCUT2D eigenvalue weighted by atomic mass is 32.2. The van der Waals surface area contributed by atoms with Gasteiger partial charge in [-0.2, -0.15) is 5.26 Å². The number of nitrogens with zero attached hydrogens (tertiary/aromatic N) is 2. The Morgan fingerprint density at radius 2 is 2.23 bits per heavy atom. The number of nitriles is 1. The van der Waals surface area contributed by atoms with Gasteiger partial charge in [0.15, 0.2) is 0 Å². The van der Waals surface area contributed by atoms with Crippen LogP contribution in [0.5, 0.6) is 0 Å². The number of aromatic nitrogens is 1. The summed E-state index contributed by atoms with van der Waals surface area (Å²) in [4.78, 5) is 16.6. The summed E-state index contributed by atoms with van der Waals surface area (Å²) >= 11 is 2.80. The van der Waals surface area contributed by atoms with Crippen molar-refractivity contribution < 1.29 is 9.90 Å². The molecule has 0 aliphatic heterocycles. The van der Waals surface area contributed by atoms with Crippen molar-refractivity contribution in [2.75, 3.05) is 5.75 Å². The highest BCUT2D eigenvalue weighted by Gasteiger charge is 2.16. The molecule has 1 aromatic heterocycles. The summed E-state index contributed by atoms with van der Waals surface area (Å²) in [5, 5.41) is 19.1. The number of hydrogen-bond donors (Lipinski definition) is 1. The van der Waals surface area contributed by atoms with Gasteiger partial charge in [-0.25, -0.2) is 9.78 Å². The van der Waals surface area contributed by atoms with Gasteiger partial charge in [-0.1, -0.05) is 19.9 Å². The number of carboxylic acids is 1. The molecule has 0 radical (unpaired) electrons. The molecule has 2 rings (SSSR count). The maximum atomic E-state index is 11.1. The van der Waals surface area contributed by atoms with Crippen molar-refractivity contribution in [2.24, 2.45) is 5.92 Å². The van der Waals surface area contributed by atoms with Gasteiger partial charge in [-0.15, -0.1) is 23.1 Å². The topological polar surface area (TPSA) is 74.0 Å². The normalized spacial score (nSPS) is 10.7. The van der Waals surface area contributed by atoms with Crippen molar-refractivity contribution in [3.8, 4) is 16.6 Å². The fourth-order valence-corrected chi connectivity index (χ4v) is 3.69. The molecule has 1 N–H and O–H groups in total. The number of aryl methyl sites for hydroxylation is 1. The number of hydrogen-bond acceptors (Lipinski definition) is 5. The van der Waals surface area contributed by atoms with E-state index < -0.39 is 5.97 Å². The van der Waals surface area contributed by atoms with Gasteiger partial charge in [0.25, 0.3) is 0 Å². The molecule has 114 valence electrons. The molecule has 0 saturated carbocycles. The van der Waals surface area contributed by atoms with Crippen molar-refractivity contribution in [2.45, 2.75) is 25.7 Å². The molecule has 0 atom stereocenters. The summed E-state index contributed by atoms with van der Waals surface area (Å²) in [6.07, 6.45) is 0. The van der Waals surface area contributed by atoms with E-state index in [0.717, 1.165) is 27.5 Å². The zero-order valence-electron chi connectivity index (χ0n) is 12.6. The van der Waals surface area contributed by atoms with Crippen molar-refractivity contribution in [3.05, 3.63) is 34.3 Å².